The molecular weight excluding hydrogens is 294 g/mol. The Morgan fingerprint density at radius 3 is 1.75 bits per heavy atom. The Hall–Kier alpha value is -1.64. The molecule has 24 heavy (non-hydrogen) atoms. The van der Waals surface area contributed by atoms with E-state index in [9.17, 15) is 0 Å². The van der Waals surface area contributed by atoms with E-state index in [4.69, 9.17) is 4.84 Å². The smallest absolute Gasteiger partial charge is 0.131 e. The van der Waals surface area contributed by atoms with Gasteiger partial charge in [-0.1, -0.05) is 48.5 Å². The van der Waals surface area contributed by atoms with Gasteiger partial charge in [0.1, 0.15) is 6.10 Å². The van der Waals surface area contributed by atoms with Crippen LogP contribution in [-0.2, 0) is 4.84 Å². The van der Waals surface area contributed by atoms with Crippen molar-refractivity contribution in [3.05, 3.63) is 59.7 Å². The van der Waals surface area contributed by atoms with Crippen LogP contribution in [0.15, 0.2) is 48.5 Å². The van der Waals surface area contributed by atoms with Crippen molar-refractivity contribution >= 4 is 0 Å². The Kier molecular flexibility index (Phi) is 3.59. The maximum Gasteiger partial charge on any atom is 0.131 e. The minimum Gasteiger partial charge on any atom is -0.285 e. The van der Waals surface area contributed by atoms with E-state index in [-0.39, 0.29) is 17.2 Å². The topological polar surface area (TPSA) is 12.5 Å². The number of piperidine rings is 1. The molecule has 0 radical (unpaired) electrons. The Morgan fingerprint density at radius 2 is 1.25 bits per heavy atom. The number of benzene rings is 2. The van der Waals surface area contributed by atoms with Gasteiger partial charge in [0, 0.05) is 11.1 Å². The molecule has 2 aromatic carbocycles. The molecule has 0 atom stereocenters. The molecule has 2 heteroatoms. The second-order valence-electron chi connectivity index (χ2n) is 8.43. The summed E-state index contributed by atoms with van der Waals surface area (Å²) < 4.78 is 0. The first kappa shape index (κ1) is 15.9. The van der Waals surface area contributed by atoms with Crippen LogP contribution in [-0.4, -0.2) is 16.1 Å². The van der Waals surface area contributed by atoms with Gasteiger partial charge in [-0.15, -0.1) is 0 Å². The van der Waals surface area contributed by atoms with Crippen LogP contribution in [0.1, 0.15) is 64.2 Å². The second-order valence-corrected chi connectivity index (χ2v) is 8.43. The van der Waals surface area contributed by atoms with Gasteiger partial charge >= 0.3 is 0 Å². The molecule has 1 aliphatic carbocycles. The lowest BCUT2D eigenvalue weighted by Gasteiger charge is -2.52. The van der Waals surface area contributed by atoms with Gasteiger partial charge in [-0.25, -0.2) is 0 Å². The molecule has 2 nitrogen and oxygen atoms in total. The minimum atomic E-state index is -0.00551. The van der Waals surface area contributed by atoms with Crippen LogP contribution in [0.25, 0.3) is 11.1 Å². The number of fused-ring (bicyclic) bond motifs is 3. The summed E-state index contributed by atoms with van der Waals surface area (Å²) in [5.74, 6) is 0. The van der Waals surface area contributed by atoms with Gasteiger partial charge in [-0.2, -0.15) is 5.06 Å². The van der Waals surface area contributed by atoms with E-state index >= 15 is 0 Å². The molecule has 0 bridgehead atoms. The van der Waals surface area contributed by atoms with Crippen molar-refractivity contribution in [3.8, 4) is 11.1 Å². The number of hydrogen-bond donors (Lipinski definition) is 0. The lowest BCUT2D eigenvalue weighted by atomic mass is 9.82. The monoisotopic (exact) mass is 321 g/mol. The van der Waals surface area contributed by atoms with Gasteiger partial charge in [-0.3, -0.25) is 4.84 Å². The summed E-state index contributed by atoms with van der Waals surface area (Å²) in [5, 5.41) is 2.28. The summed E-state index contributed by atoms with van der Waals surface area (Å²) in [6.07, 6.45) is 3.60. The summed E-state index contributed by atoms with van der Waals surface area (Å²) in [4.78, 5) is 6.77. The molecule has 0 unspecified atom stereocenters. The van der Waals surface area contributed by atoms with Crippen molar-refractivity contribution in [2.45, 2.75) is 64.1 Å². The molecule has 0 N–H and O–H groups in total. The highest BCUT2D eigenvalue weighted by Gasteiger charge is 2.45. The molecule has 0 aromatic heterocycles. The lowest BCUT2D eigenvalue weighted by Crippen LogP contribution is -2.58. The quantitative estimate of drug-likeness (QED) is 0.700. The predicted octanol–water partition coefficient (Wildman–Crippen LogP) is 5.73. The predicted molar refractivity (Wildman–Crippen MR) is 98.7 cm³/mol. The van der Waals surface area contributed by atoms with Crippen molar-refractivity contribution in [3.63, 3.8) is 0 Å². The van der Waals surface area contributed by atoms with Gasteiger partial charge in [0.05, 0.1) is 0 Å². The van der Waals surface area contributed by atoms with E-state index in [0.717, 1.165) is 0 Å². The average Bonchev–Trinajstić information content (AvgIpc) is 2.85. The van der Waals surface area contributed by atoms with Crippen LogP contribution >= 0.6 is 0 Å². The summed E-state index contributed by atoms with van der Waals surface area (Å²) in [6, 6.07) is 17.3. The molecule has 1 saturated heterocycles. The Bertz CT molecular complexity index is 701. The first-order valence-corrected chi connectivity index (χ1v) is 9.05. The molecule has 1 fully saturated rings. The van der Waals surface area contributed by atoms with Crippen molar-refractivity contribution in [1.29, 1.82) is 0 Å². The molecule has 2 aliphatic rings. The molecule has 126 valence electrons. The Morgan fingerprint density at radius 1 is 0.792 bits per heavy atom. The van der Waals surface area contributed by atoms with E-state index in [2.05, 4.69) is 81.3 Å². The van der Waals surface area contributed by atoms with E-state index in [1.54, 1.807) is 0 Å². The normalized spacial score (nSPS) is 22.2. The minimum absolute atomic E-state index is 0.00551. The molecular formula is C22H27NO. The molecule has 4 rings (SSSR count). The van der Waals surface area contributed by atoms with Gasteiger partial charge in [0.2, 0.25) is 0 Å². The highest BCUT2D eigenvalue weighted by molar-refractivity contribution is 5.78. The number of nitrogens with zero attached hydrogens (tertiary/aromatic N) is 1. The molecule has 1 heterocycles. The van der Waals surface area contributed by atoms with Crippen LogP contribution in [0.2, 0.25) is 0 Å². The zero-order valence-corrected chi connectivity index (χ0v) is 15.2. The highest BCUT2D eigenvalue weighted by Crippen LogP contribution is 2.48. The number of rotatable bonds is 2. The fourth-order valence-corrected chi connectivity index (χ4v) is 4.59. The number of hydrogen-bond acceptors (Lipinski definition) is 2. The average molecular weight is 321 g/mol. The fourth-order valence-electron chi connectivity index (χ4n) is 4.59. The number of hydroxylamine groups is 2. The molecule has 0 saturated carbocycles. The van der Waals surface area contributed by atoms with Crippen molar-refractivity contribution in [1.82, 2.24) is 5.06 Å². The second kappa shape index (κ2) is 5.44. The Balaban J connectivity index is 1.77. The highest BCUT2D eigenvalue weighted by atomic mass is 16.7. The van der Waals surface area contributed by atoms with E-state index in [1.807, 2.05) is 0 Å². The molecule has 1 aliphatic heterocycles. The van der Waals surface area contributed by atoms with Crippen LogP contribution in [0, 0.1) is 0 Å². The van der Waals surface area contributed by atoms with Crippen molar-refractivity contribution in [2.24, 2.45) is 0 Å². The molecule has 2 aromatic rings. The van der Waals surface area contributed by atoms with Gasteiger partial charge in [-0.05, 0) is 69.2 Å². The SMILES string of the molecule is CC1(C)CCCC(C)(C)N1OC1c2ccccc2-c2ccccc21. The summed E-state index contributed by atoms with van der Waals surface area (Å²) >= 11 is 0. The van der Waals surface area contributed by atoms with Gasteiger partial charge in [0.25, 0.3) is 0 Å². The van der Waals surface area contributed by atoms with Crippen LogP contribution < -0.4 is 0 Å². The summed E-state index contributed by atoms with van der Waals surface area (Å²) in [5.41, 5.74) is 5.30. The third-order valence-electron chi connectivity index (χ3n) is 5.66. The first-order valence-electron chi connectivity index (χ1n) is 9.05. The Labute approximate surface area is 145 Å². The maximum absolute atomic E-state index is 6.77. The maximum atomic E-state index is 6.77. The van der Waals surface area contributed by atoms with Gasteiger partial charge in [0.15, 0.2) is 0 Å². The first-order chi connectivity index (χ1) is 11.4. The van der Waals surface area contributed by atoms with Crippen molar-refractivity contribution < 1.29 is 4.84 Å². The van der Waals surface area contributed by atoms with E-state index < -0.39 is 0 Å². The standard InChI is InChI=1S/C22H27NO/c1-21(2)14-9-15-22(3,4)23(21)24-20-18-12-7-5-10-16(18)17-11-6-8-13-19(17)20/h5-8,10-13,20H,9,14-15H2,1-4H3. The summed E-state index contributed by atoms with van der Waals surface area (Å²) in [7, 11) is 0. The van der Waals surface area contributed by atoms with Crippen molar-refractivity contribution in [2.75, 3.05) is 0 Å². The fraction of sp³-hybridized carbons (Fsp3) is 0.455. The zero-order chi connectivity index (χ0) is 16.9. The van der Waals surface area contributed by atoms with Crippen LogP contribution in [0.4, 0.5) is 0 Å². The molecule has 0 spiro atoms. The molecule has 0 amide bonds. The van der Waals surface area contributed by atoms with E-state index in [1.165, 1.54) is 41.5 Å². The summed E-state index contributed by atoms with van der Waals surface area (Å²) in [6.45, 7) is 9.22. The lowest BCUT2D eigenvalue weighted by molar-refractivity contribution is -0.299. The largest absolute Gasteiger partial charge is 0.285 e. The van der Waals surface area contributed by atoms with Crippen LogP contribution in [0.5, 0.6) is 0 Å². The van der Waals surface area contributed by atoms with Crippen LogP contribution in [0.3, 0.4) is 0 Å². The third-order valence-corrected chi connectivity index (χ3v) is 5.66. The zero-order valence-electron chi connectivity index (χ0n) is 15.2. The van der Waals surface area contributed by atoms with Gasteiger partial charge < -0.3 is 0 Å². The van der Waals surface area contributed by atoms with E-state index in [0.29, 0.717) is 0 Å². The third kappa shape index (κ3) is 2.40.